The van der Waals surface area contributed by atoms with Crippen molar-refractivity contribution in [2.75, 3.05) is 0 Å². The van der Waals surface area contributed by atoms with E-state index in [1.54, 1.807) is 0 Å². The Morgan fingerprint density at radius 3 is 1.09 bits per heavy atom. The first-order chi connectivity index (χ1) is 4.19. The van der Waals surface area contributed by atoms with Crippen LogP contribution in [-0.4, -0.2) is 18.5 Å². The second kappa shape index (κ2) is 3.62. The Morgan fingerprint density at radius 2 is 1.09 bits per heavy atom. The molecule has 0 rings (SSSR count). The van der Waals surface area contributed by atoms with E-state index in [-0.39, 0.29) is 17.1 Å². The van der Waals surface area contributed by atoms with Crippen molar-refractivity contribution in [3.8, 4) is 0 Å². The van der Waals surface area contributed by atoms with Crippen molar-refractivity contribution >= 4 is 0 Å². The molecular formula is C3HF7Fe. The van der Waals surface area contributed by atoms with Crippen LogP contribution in [0.3, 0.4) is 0 Å². The molecule has 0 unspecified atom stereocenters. The van der Waals surface area contributed by atoms with E-state index in [1.807, 2.05) is 0 Å². The molecule has 0 radical (unpaired) electrons. The van der Waals surface area contributed by atoms with E-state index < -0.39 is 18.5 Å². The van der Waals surface area contributed by atoms with Gasteiger partial charge in [-0.3, -0.25) is 0 Å². The third-order valence-corrected chi connectivity index (χ3v) is 0.652. The number of rotatable bonds is 1. The first kappa shape index (κ1) is 13.6. The van der Waals surface area contributed by atoms with Crippen LogP contribution in [0.5, 0.6) is 0 Å². The Labute approximate surface area is 67.2 Å². The third-order valence-electron chi connectivity index (χ3n) is 0.652. The molecule has 0 aliphatic heterocycles. The molecule has 0 N–H and O–H groups in total. The Kier molecular flexibility index (Phi) is 4.48. The Bertz CT molecular complexity index is 115. The van der Waals surface area contributed by atoms with Gasteiger partial charge in [-0.2, -0.15) is 22.0 Å². The monoisotopic (exact) mass is 226 g/mol. The number of alkyl halides is 7. The minimum atomic E-state index is -6.17. The molecule has 8 heteroatoms. The van der Waals surface area contributed by atoms with Gasteiger partial charge in [0.25, 0.3) is 0 Å². The van der Waals surface area contributed by atoms with Crippen LogP contribution in [0.25, 0.3) is 0 Å². The summed E-state index contributed by atoms with van der Waals surface area (Å²) in [6.07, 6.45) is -10.9. The van der Waals surface area contributed by atoms with Crippen LogP contribution in [-0.2, 0) is 17.1 Å². The minimum absolute atomic E-state index is 0. The molecule has 0 aromatic carbocycles. The maximum absolute atomic E-state index is 11.2. The van der Waals surface area contributed by atoms with Gasteiger partial charge in [-0.1, -0.05) is 0 Å². The topological polar surface area (TPSA) is 0 Å². The predicted octanol–water partition coefficient (Wildman–Crippen LogP) is 2.45. The van der Waals surface area contributed by atoms with Crippen molar-refractivity contribution in [1.29, 1.82) is 0 Å². The van der Waals surface area contributed by atoms with Gasteiger partial charge >= 0.3 is 18.5 Å². The van der Waals surface area contributed by atoms with Crippen molar-refractivity contribution in [2.45, 2.75) is 18.5 Å². The molecule has 0 aliphatic carbocycles. The Balaban J connectivity index is 0. The maximum atomic E-state index is 11.2. The van der Waals surface area contributed by atoms with E-state index in [4.69, 9.17) is 0 Å². The summed E-state index contributed by atoms with van der Waals surface area (Å²) in [7, 11) is 0. The smallest absolute Gasteiger partial charge is 0.203 e. The van der Waals surface area contributed by atoms with E-state index in [1.165, 1.54) is 0 Å². The number of hydrogen-bond donors (Lipinski definition) is 0. The molecule has 0 spiro atoms. The molecule has 0 aromatic rings. The molecular weight excluding hydrogens is 225 g/mol. The van der Waals surface area contributed by atoms with Gasteiger partial charge < -0.3 is 0 Å². The largest absolute Gasteiger partial charge is 0.459 e. The van der Waals surface area contributed by atoms with Crippen LogP contribution < -0.4 is 0 Å². The molecule has 0 amide bonds. The van der Waals surface area contributed by atoms with Crippen LogP contribution in [0.2, 0.25) is 0 Å². The number of halogens is 7. The van der Waals surface area contributed by atoms with Crippen molar-refractivity contribution in [3.63, 3.8) is 0 Å². The molecule has 0 atom stereocenters. The molecule has 0 nitrogen and oxygen atoms in total. The first-order valence-electron chi connectivity index (χ1n) is 1.92. The van der Waals surface area contributed by atoms with E-state index in [0.29, 0.717) is 0 Å². The van der Waals surface area contributed by atoms with Gasteiger partial charge in [0, 0.05) is 17.1 Å². The quantitative estimate of drug-likeness (QED) is 0.475. The summed E-state index contributed by atoms with van der Waals surface area (Å²) in [6, 6.07) is 0. The van der Waals surface area contributed by atoms with E-state index >= 15 is 0 Å². The normalized spacial score (nSPS) is 13.1. The predicted molar refractivity (Wildman–Crippen MR) is 17.0 cm³/mol. The average molecular weight is 226 g/mol. The molecule has 0 aromatic heterocycles. The Hall–Kier alpha value is 0.0295. The molecule has 70 valence electrons. The van der Waals surface area contributed by atoms with E-state index in [2.05, 4.69) is 0 Å². The zero-order chi connectivity index (χ0) is 8.58. The van der Waals surface area contributed by atoms with Gasteiger partial charge in [-0.25, -0.2) is 8.78 Å². The summed E-state index contributed by atoms with van der Waals surface area (Å²) in [4.78, 5) is 0. The molecule has 0 heterocycles. The van der Waals surface area contributed by atoms with Crippen LogP contribution in [0, 0.1) is 0 Å². The van der Waals surface area contributed by atoms with Gasteiger partial charge in [-0.15, -0.1) is 0 Å². The van der Waals surface area contributed by atoms with Gasteiger partial charge in [0.1, 0.15) is 0 Å². The van der Waals surface area contributed by atoms with Gasteiger partial charge in [0.2, 0.25) is 0 Å². The standard InChI is InChI=1S/C3HF7.Fe/c4-1(5)2(6,7)3(8,9)10;/h1H;. The van der Waals surface area contributed by atoms with Crippen molar-refractivity contribution in [3.05, 3.63) is 0 Å². The molecule has 0 saturated carbocycles. The van der Waals surface area contributed by atoms with Crippen LogP contribution in [0.15, 0.2) is 0 Å². The number of hydrogen-bond acceptors (Lipinski definition) is 0. The zero-order valence-corrected chi connectivity index (χ0v) is 5.68. The summed E-state index contributed by atoms with van der Waals surface area (Å²) in [6.45, 7) is 0. The summed E-state index contributed by atoms with van der Waals surface area (Å²) in [5.74, 6) is -5.90. The minimum Gasteiger partial charge on any atom is -0.203 e. The second-order valence-corrected chi connectivity index (χ2v) is 1.42. The zero-order valence-electron chi connectivity index (χ0n) is 4.58. The third kappa shape index (κ3) is 2.86. The summed E-state index contributed by atoms with van der Waals surface area (Å²) >= 11 is 0. The first-order valence-corrected chi connectivity index (χ1v) is 1.92. The van der Waals surface area contributed by atoms with Crippen LogP contribution in [0.4, 0.5) is 30.7 Å². The fraction of sp³-hybridized carbons (Fsp3) is 1.00. The SMILES string of the molecule is FC(F)C(F)(F)C(F)(F)F.[Fe]. The van der Waals surface area contributed by atoms with Crippen molar-refractivity contribution in [1.82, 2.24) is 0 Å². The van der Waals surface area contributed by atoms with Gasteiger partial charge in [-0.05, 0) is 0 Å². The summed E-state index contributed by atoms with van der Waals surface area (Å²) < 4.78 is 76.6. The van der Waals surface area contributed by atoms with Gasteiger partial charge in [0.05, 0.1) is 0 Å². The van der Waals surface area contributed by atoms with Gasteiger partial charge in [0.15, 0.2) is 0 Å². The van der Waals surface area contributed by atoms with E-state index in [0.717, 1.165) is 0 Å². The second-order valence-electron chi connectivity index (χ2n) is 1.42. The van der Waals surface area contributed by atoms with E-state index in [9.17, 15) is 30.7 Å². The summed E-state index contributed by atoms with van der Waals surface area (Å²) in [5.41, 5.74) is 0. The molecule has 0 fully saturated rings. The van der Waals surface area contributed by atoms with Crippen molar-refractivity contribution < 1.29 is 47.8 Å². The molecule has 11 heavy (non-hydrogen) atoms. The molecule has 0 saturated heterocycles. The maximum Gasteiger partial charge on any atom is 0.459 e. The molecule has 0 aliphatic rings. The Morgan fingerprint density at radius 1 is 0.818 bits per heavy atom. The fourth-order valence-electron chi connectivity index (χ4n) is 0.124. The fourth-order valence-corrected chi connectivity index (χ4v) is 0.124. The average Bonchev–Trinajstić information content (AvgIpc) is 1.62. The van der Waals surface area contributed by atoms with Crippen LogP contribution >= 0.6 is 0 Å². The van der Waals surface area contributed by atoms with Crippen molar-refractivity contribution in [2.24, 2.45) is 0 Å². The summed E-state index contributed by atoms with van der Waals surface area (Å²) in [5, 5.41) is 0. The van der Waals surface area contributed by atoms with Crippen LogP contribution in [0.1, 0.15) is 0 Å². The molecule has 0 bridgehead atoms.